The van der Waals surface area contributed by atoms with Gasteiger partial charge in [0, 0.05) is 12.6 Å². The first-order chi connectivity index (χ1) is 9.54. The maximum atomic E-state index is 3.58. The summed E-state index contributed by atoms with van der Waals surface area (Å²) < 4.78 is 0. The molecule has 1 saturated carbocycles. The van der Waals surface area contributed by atoms with Crippen LogP contribution in [0, 0.1) is 17.3 Å². The van der Waals surface area contributed by atoms with Crippen LogP contribution in [0.2, 0.25) is 0 Å². The van der Waals surface area contributed by atoms with Gasteiger partial charge in [0.1, 0.15) is 0 Å². The first-order valence-corrected chi connectivity index (χ1v) is 8.93. The summed E-state index contributed by atoms with van der Waals surface area (Å²) in [5.41, 5.74) is 0.554. The molecule has 0 amide bonds. The van der Waals surface area contributed by atoms with E-state index in [1.54, 1.807) is 0 Å². The van der Waals surface area contributed by atoms with Crippen LogP contribution in [0.1, 0.15) is 65.7 Å². The Morgan fingerprint density at radius 1 is 1.15 bits per heavy atom. The molecule has 2 unspecified atom stereocenters. The number of rotatable bonds is 5. The van der Waals surface area contributed by atoms with E-state index in [0.717, 1.165) is 17.9 Å². The van der Waals surface area contributed by atoms with Crippen LogP contribution in [-0.2, 0) is 0 Å². The Kier molecular flexibility index (Phi) is 5.92. The molecule has 1 saturated heterocycles. The van der Waals surface area contributed by atoms with Gasteiger partial charge in [-0.05, 0) is 69.5 Å². The summed E-state index contributed by atoms with van der Waals surface area (Å²) in [6, 6.07) is 0.747. The van der Waals surface area contributed by atoms with Gasteiger partial charge in [-0.1, -0.05) is 33.6 Å². The van der Waals surface area contributed by atoms with Crippen molar-refractivity contribution in [2.45, 2.75) is 71.8 Å². The maximum absolute atomic E-state index is 3.58. The van der Waals surface area contributed by atoms with Crippen molar-refractivity contribution in [2.24, 2.45) is 17.3 Å². The predicted octanol–water partition coefficient (Wildman–Crippen LogP) is 3.91. The normalized spacial score (nSPS) is 32.4. The highest BCUT2D eigenvalue weighted by molar-refractivity contribution is 4.90. The highest BCUT2D eigenvalue weighted by Gasteiger charge is 2.35. The molecule has 2 atom stereocenters. The van der Waals surface area contributed by atoms with Crippen molar-refractivity contribution >= 4 is 0 Å². The Bertz CT molecular complexity index is 279. The zero-order valence-corrected chi connectivity index (χ0v) is 14.3. The number of nitrogens with one attached hydrogen (secondary N) is 1. The van der Waals surface area contributed by atoms with Crippen molar-refractivity contribution in [3.8, 4) is 0 Å². The largest absolute Gasteiger partial charge is 0.317 e. The molecule has 2 nitrogen and oxygen atoms in total. The summed E-state index contributed by atoms with van der Waals surface area (Å²) >= 11 is 0. The molecular weight excluding hydrogens is 244 g/mol. The van der Waals surface area contributed by atoms with Crippen LogP contribution < -0.4 is 5.32 Å². The van der Waals surface area contributed by atoms with Gasteiger partial charge in [0.05, 0.1) is 0 Å². The molecule has 0 aromatic rings. The molecule has 118 valence electrons. The molecule has 2 heteroatoms. The van der Waals surface area contributed by atoms with E-state index < -0.39 is 0 Å². The number of hydrogen-bond donors (Lipinski definition) is 1. The molecule has 0 spiro atoms. The Balaban J connectivity index is 1.82. The van der Waals surface area contributed by atoms with Gasteiger partial charge < -0.3 is 10.2 Å². The second-order valence-corrected chi connectivity index (χ2v) is 8.09. The third-order valence-electron chi connectivity index (χ3n) is 5.78. The summed E-state index contributed by atoms with van der Waals surface area (Å²) in [6.45, 7) is 11.3. The van der Waals surface area contributed by atoms with E-state index in [1.807, 2.05) is 0 Å². The van der Waals surface area contributed by atoms with Crippen LogP contribution in [-0.4, -0.2) is 37.6 Å². The third-order valence-corrected chi connectivity index (χ3v) is 5.78. The van der Waals surface area contributed by atoms with Crippen molar-refractivity contribution in [2.75, 3.05) is 26.7 Å². The van der Waals surface area contributed by atoms with Crippen molar-refractivity contribution in [1.82, 2.24) is 10.2 Å². The summed E-state index contributed by atoms with van der Waals surface area (Å²) in [6.07, 6.45) is 9.83. The first kappa shape index (κ1) is 16.3. The lowest BCUT2D eigenvalue weighted by molar-refractivity contribution is 0.0846. The molecule has 2 rings (SSSR count). The first-order valence-electron chi connectivity index (χ1n) is 8.93. The summed E-state index contributed by atoms with van der Waals surface area (Å²) in [4.78, 5) is 2.75. The second kappa shape index (κ2) is 7.26. The van der Waals surface area contributed by atoms with Gasteiger partial charge in [-0.25, -0.2) is 0 Å². The maximum Gasteiger partial charge on any atom is 0.0105 e. The monoisotopic (exact) mass is 280 g/mol. The Morgan fingerprint density at radius 3 is 2.45 bits per heavy atom. The minimum Gasteiger partial charge on any atom is -0.317 e. The zero-order chi connectivity index (χ0) is 14.6. The molecule has 2 fully saturated rings. The Morgan fingerprint density at radius 2 is 1.85 bits per heavy atom. The second-order valence-electron chi connectivity index (χ2n) is 8.09. The fourth-order valence-electron chi connectivity index (χ4n) is 4.51. The molecule has 1 aliphatic carbocycles. The van der Waals surface area contributed by atoms with Crippen LogP contribution in [0.25, 0.3) is 0 Å². The number of nitrogens with zero attached hydrogens (tertiary/aromatic N) is 1. The van der Waals surface area contributed by atoms with Crippen LogP contribution in [0.5, 0.6) is 0 Å². The van der Waals surface area contributed by atoms with E-state index in [0.29, 0.717) is 5.41 Å². The standard InChI is InChI=1S/C18H36N2/c1-5-6-15-8-11-20(12-9-15)14-16-13-18(2,3)10-7-17(16)19-4/h15-17,19H,5-14H2,1-4H3. The Labute approximate surface area is 126 Å². The number of hydrogen-bond acceptors (Lipinski definition) is 2. The molecule has 20 heavy (non-hydrogen) atoms. The smallest absolute Gasteiger partial charge is 0.0105 e. The molecule has 1 N–H and O–H groups in total. The summed E-state index contributed by atoms with van der Waals surface area (Å²) in [5, 5.41) is 3.58. The van der Waals surface area contributed by atoms with Gasteiger partial charge in [-0.2, -0.15) is 0 Å². The van der Waals surface area contributed by atoms with Gasteiger partial charge in [0.25, 0.3) is 0 Å². The fraction of sp³-hybridized carbons (Fsp3) is 1.00. The average Bonchev–Trinajstić information content (AvgIpc) is 2.41. The highest BCUT2D eigenvalue weighted by atomic mass is 15.1. The van der Waals surface area contributed by atoms with Gasteiger partial charge >= 0.3 is 0 Å². The van der Waals surface area contributed by atoms with E-state index in [1.165, 1.54) is 64.6 Å². The third kappa shape index (κ3) is 4.46. The molecule has 0 radical (unpaired) electrons. The van der Waals surface area contributed by atoms with E-state index in [2.05, 4.69) is 38.0 Å². The van der Waals surface area contributed by atoms with Crippen LogP contribution in [0.3, 0.4) is 0 Å². The average molecular weight is 281 g/mol. The quantitative estimate of drug-likeness (QED) is 0.821. The fourth-order valence-corrected chi connectivity index (χ4v) is 4.51. The summed E-state index contributed by atoms with van der Waals surface area (Å²) in [7, 11) is 2.16. The van der Waals surface area contributed by atoms with Crippen LogP contribution in [0.4, 0.5) is 0 Å². The molecule has 0 bridgehead atoms. The molecular formula is C18H36N2. The van der Waals surface area contributed by atoms with Gasteiger partial charge in [-0.3, -0.25) is 0 Å². The predicted molar refractivity (Wildman–Crippen MR) is 88.0 cm³/mol. The summed E-state index contributed by atoms with van der Waals surface area (Å²) in [5.74, 6) is 1.87. The van der Waals surface area contributed by atoms with Crippen molar-refractivity contribution < 1.29 is 0 Å². The lowest BCUT2D eigenvalue weighted by Crippen LogP contribution is -2.47. The minimum absolute atomic E-state index is 0.554. The van der Waals surface area contributed by atoms with Gasteiger partial charge in [-0.15, -0.1) is 0 Å². The van der Waals surface area contributed by atoms with E-state index in [4.69, 9.17) is 0 Å². The molecule has 0 aromatic carbocycles. The van der Waals surface area contributed by atoms with E-state index in [-0.39, 0.29) is 0 Å². The van der Waals surface area contributed by atoms with Crippen LogP contribution >= 0.6 is 0 Å². The van der Waals surface area contributed by atoms with Crippen LogP contribution in [0.15, 0.2) is 0 Å². The topological polar surface area (TPSA) is 15.3 Å². The lowest BCUT2D eigenvalue weighted by atomic mass is 9.69. The minimum atomic E-state index is 0.554. The molecule has 0 aromatic heterocycles. The SMILES string of the molecule is CCCC1CCN(CC2CC(C)(C)CCC2NC)CC1. The number of piperidine rings is 1. The zero-order valence-electron chi connectivity index (χ0n) is 14.3. The van der Waals surface area contributed by atoms with Gasteiger partial charge in [0.2, 0.25) is 0 Å². The van der Waals surface area contributed by atoms with Crippen molar-refractivity contribution in [1.29, 1.82) is 0 Å². The van der Waals surface area contributed by atoms with Gasteiger partial charge in [0.15, 0.2) is 0 Å². The number of likely N-dealkylation sites (tertiary alicyclic amines) is 1. The lowest BCUT2D eigenvalue weighted by Gasteiger charge is -2.44. The highest BCUT2D eigenvalue weighted by Crippen LogP contribution is 2.39. The van der Waals surface area contributed by atoms with E-state index >= 15 is 0 Å². The Hall–Kier alpha value is -0.0800. The molecule has 1 heterocycles. The molecule has 1 aliphatic heterocycles. The molecule has 2 aliphatic rings. The van der Waals surface area contributed by atoms with Crippen molar-refractivity contribution in [3.63, 3.8) is 0 Å². The van der Waals surface area contributed by atoms with Crippen molar-refractivity contribution in [3.05, 3.63) is 0 Å². The van der Waals surface area contributed by atoms with E-state index in [9.17, 15) is 0 Å².